The van der Waals surface area contributed by atoms with Crippen molar-refractivity contribution in [2.45, 2.75) is 54.4 Å². The lowest BCUT2D eigenvalue weighted by Crippen LogP contribution is -2.25. The zero-order chi connectivity index (χ0) is 23.4. The van der Waals surface area contributed by atoms with Crippen molar-refractivity contribution in [1.82, 2.24) is 0 Å². The van der Waals surface area contributed by atoms with Crippen LogP contribution >= 0.6 is 11.6 Å². The van der Waals surface area contributed by atoms with Crippen LogP contribution in [0.25, 0.3) is 0 Å². The maximum absolute atomic E-state index is 12.3. The molecule has 1 amide bonds. The molecule has 2 aromatic carbocycles. The number of carbonyl (C=O) groups excluding carboxylic acids is 1. The lowest BCUT2D eigenvalue weighted by molar-refractivity contribution is -0.111. The van der Waals surface area contributed by atoms with Crippen molar-refractivity contribution in [3.8, 4) is 0 Å². The molecule has 1 heterocycles. The first kappa shape index (κ1) is 26.3. The minimum absolute atomic E-state index is 0.0844. The van der Waals surface area contributed by atoms with Crippen LogP contribution in [-0.4, -0.2) is 24.4 Å². The molecule has 1 aliphatic heterocycles. The van der Waals surface area contributed by atoms with E-state index in [1.54, 1.807) is 18.0 Å². The first-order valence-electron chi connectivity index (χ1n) is 10.8. The summed E-state index contributed by atoms with van der Waals surface area (Å²) in [6.07, 6.45) is 5.94. The fraction of sp³-hybridized carbons (Fsp3) is 0.346. The van der Waals surface area contributed by atoms with Gasteiger partial charge in [-0.2, -0.15) is 0 Å². The van der Waals surface area contributed by atoms with Crippen molar-refractivity contribution in [1.29, 1.82) is 0 Å². The largest absolute Gasteiger partial charge is 0.309 e. The van der Waals surface area contributed by atoms with Gasteiger partial charge in [0, 0.05) is 29.5 Å². The number of anilines is 1. The van der Waals surface area contributed by atoms with Crippen LogP contribution in [0.4, 0.5) is 11.4 Å². The van der Waals surface area contributed by atoms with Crippen LogP contribution in [0, 0.1) is 6.92 Å². The van der Waals surface area contributed by atoms with Crippen LogP contribution in [0.2, 0.25) is 5.02 Å². The van der Waals surface area contributed by atoms with E-state index in [9.17, 15) is 4.79 Å². The third kappa shape index (κ3) is 7.18. The number of hydrogen-bond donors (Lipinski definition) is 0. The molecule has 0 aliphatic carbocycles. The Morgan fingerprint density at radius 1 is 1.10 bits per heavy atom. The van der Waals surface area contributed by atoms with Gasteiger partial charge in [-0.15, -0.1) is 0 Å². The van der Waals surface area contributed by atoms with Gasteiger partial charge in [-0.25, -0.2) is 4.99 Å². The number of rotatable bonds is 4. The number of nitrogens with zero attached hydrogens (tertiary/aromatic N) is 3. The van der Waals surface area contributed by atoms with Gasteiger partial charge in [0.15, 0.2) is 0 Å². The Morgan fingerprint density at radius 3 is 2.32 bits per heavy atom. The molecule has 0 bridgehead atoms. The highest BCUT2D eigenvalue weighted by Crippen LogP contribution is 2.30. The molecule has 0 aromatic heterocycles. The third-order valence-electron chi connectivity index (χ3n) is 4.63. The quantitative estimate of drug-likeness (QED) is 0.453. The Kier molecular flexibility index (Phi) is 11.5. The van der Waals surface area contributed by atoms with Gasteiger partial charge in [-0.05, 0) is 56.5 Å². The molecule has 4 nitrogen and oxygen atoms in total. The highest BCUT2D eigenvalue weighted by molar-refractivity contribution is 6.54. The monoisotopic (exact) mass is 439 g/mol. The van der Waals surface area contributed by atoms with Crippen molar-refractivity contribution in [2.75, 3.05) is 11.9 Å². The summed E-state index contributed by atoms with van der Waals surface area (Å²) < 4.78 is 0. The van der Waals surface area contributed by atoms with Gasteiger partial charge in [0.1, 0.15) is 5.71 Å². The summed E-state index contributed by atoms with van der Waals surface area (Å²) in [6, 6.07) is 13.2. The van der Waals surface area contributed by atoms with Crippen LogP contribution in [0.3, 0.4) is 0 Å². The second kappa shape index (κ2) is 13.6. The van der Waals surface area contributed by atoms with Crippen LogP contribution in [0.15, 0.2) is 64.7 Å². The smallest absolute Gasteiger partial charge is 0.277 e. The van der Waals surface area contributed by atoms with Gasteiger partial charge in [-0.3, -0.25) is 9.79 Å². The number of likely N-dealkylation sites (N-methyl/N-ethyl adjacent to an activating group) is 1. The van der Waals surface area contributed by atoms with E-state index in [4.69, 9.17) is 11.6 Å². The standard InChI is InChI=1S/C16H13ClN2O.C8H15N.C2H6/c1-10-9-11(7-8-13(10)17)18-15-12-5-3-4-6-14(12)19(2)16(15)20;1-4-7-9-8(5-2)6-3;1-2/h3-9H,1-2H3;4,7H,5-6H2,1-3H3;1-2H3/b;7-4-;. The van der Waals surface area contributed by atoms with E-state index < -0.39 is 0 Å². The highest BCUT2D eigenvalue weighted by atomic mass is 35.5. The van der Waals surface area contributed by atoms with Crippen molar-refractivity contribution in [3.05, 3.63) is 70.9 Å². The number of benzene rings is 2. The predicted octanol–water partition coefficient (Wildman–Crippen LogP) is 7.55. The average molecular weight is 440 g/mol. The minimum atomic E-state index is -0.0844. The Bertz CT molecular complexity index is 955. The summed E-state index contributed by atoms with van der Waals surface area (Å²) in [5.41, 5.74) is 5.19. The number of aliphatic imine (C=N–C) groups is 2. The molecule has 0 N–H and O–H groups in total. The van der Waals surface area contributed by atoms with E-state index in [1.165, 1.54) is 5.71 Å². The molecule has 0 spiro atoms. The van der Waals surface area contributed by atoms with Gasteiger partial charge in [-0.1, -0.05) is 63.6 Å². The zero-order valence-electron chi connectivity index (χ0n) is 19.7. The molecule has 0 saturated heterocycles. The average Bonchev–Trinajstić information content (AvgIpc) is 3.04. The SMILES string of the molecule is C/C=C\N=C(CC)CC.CC.Cc1cc(N=C2C(=O)N(C)c3ccccc32)ccc1Cl. The van der Waals surface area contributed by atoms with E-state index in [-0.39, 0.29) is 5.91 Å². The van der Waals surface area contributed by atoms with Crippen molar-refractivity contribution < 1.29 is 4.79 Å². The number of hydrogen-bond acceptors (Lipinski definition) is 3. The Labute approximate surface area is 192 Å². The lowest BCUT2D eigenvalue weighted by atomic mass is 10.1. The van der Waals surface area contributed by atoms with E-state index >= 15 is 0 Å². The Balaban J connectivity index is 0.000000372. The molecule has 2 aromatic rings. The fourth-order valence-electron chi connectivity index (χ4n) is 2.90. The van der Waals surface area contributed by atoms with E-state index in [0.717, 1.165) is 35.3 Å². The number of amides is 1. The molecular weight excluding hydrogens is 406 g/mol. The Morgan fingerprint density at radius 2 is 1.74 bits per heavy atom. The van der Waals surface area contributed by atoms with Crippen LogP contribution in [-0.2, 0) is 4.79 Å². The summed E-state index contributed by atoms with van der Waals surface area (Å²) in [7, 11) is 1.76. The first-order valence-corrected chi connectivity index (χ1v) is 11.2. The third-order valence-corrected chi connectivity index (χ3v) is 5.06. The van der Waals surface area contributed by atoms with Gasteiger partial charge >= 0.3 is 0 Å². The predicted molar refractivity (Wildman–Crippen MR) is 136 cm³/mol. The number of para-hydroxylation sites is 1. The molecule has 0 saturated carbocycles. The number of fused-ring (bicyclic) bond motifs is 1. The molecule has 0 fully saturated rings. The second-order valence-corrected chi connectivity index (χ2v) is 7.07. The fourth-order valence-corrected chi connectivity index (χ4v) is 3.02. The lowest BCUT2D eigenvalue weighted by Gasteiger charge is -2.07. The molecule has 1 aliphatic rings. The topological polar surface area (TPSA) is 45.0 Å². The van der Waals surface area contributed by atoms with E-state index in [0.29, 0.717) is 10.7 Å². The summed E-state index contributed by atoms with van der Waals surface area (Å²) in [6.45, 7) is 12.2. The summed E-state index contributed by atoms with van der Waals surface area (Å²) in [4.78, 5) is 22.6. The first-order chi connectivity index (χ1) is 14.9. The highest BCUT2D eigenvalue weighted by Gasteiger charge is 2.30. The molecule has 3 rings (SSSR count). The second-order valence-electron chi connectivity index (χ2n) is 6.66. The molecule has 5 heteroatoms. The molecule has 166 valence electrons. The molecular formula is C26H34ClN3O. The number of carbonyl (C=O) groups is 1. The maximum atomic E-state index is 12.3. The zero-order valence-corrected chi connectivity index (χ0v) is 20.5. The minimum Gasteiger partial charge on any atom is -0.309 e. The molecule has 0 radical (unpaired) electrons. The molecule has 0 atom stereocenters. The van der Waals surface area contributed by atoms with Crippen molar-refractivity contribution in [2.24, 2.45) is 9.98 Å². The normalized spacial score (nSPS) is 13.4. The van der Waals surface area contributed by atoms with Gasteiger partial charge < -0.3 is 4.90 Å². The Hall–Kier alpha value is -2.72. The molecule has 31 heavy (non-hydrogen) atoms. The maximum Gasteiger partial charge on any atom is 0.277 e. The number of aryl methyl sites for hydroxylation is 1. The van der Waals surface area contributed by atoms with Crippen LogP contribution in [0.5, 0.6) is 0 Å². The van der Waals surface area contributed by atoms with Crippen molar-refractivity contribution >= 4 is 40.3 Å². The van der Waals surface area contributed by atoms with Gasteiger partial charge in [0.05, 0.1) is 11.4 Å². The van der Waals surface area contributed by atoms with E-state index in [2.05, 4.69) is 23.8 Å². The number of allylic oxidation sites excluding steroid dienone is 1. The number of halogens is 1. The summed E-state index contributed by atoms with van der Waals surface area (Å²) in [5, 5.41) is 0.698. The summed E-state index contributed by atoms with van der Waals surface area (Å²) in [5.74, 6) is -0.0844. The van der Waals surface area contributed by atoms with Gasteiger partial charge in [0.25, 0.3) is 5.91 Å². The van der Waals surface area contributed by atoms with Crippen LogP contribution < -0.4 is 4.90 Å². The molecule has 0 unspecified atom stereocenters. The van der Waals surface area contributed by atoms with Gasteiger partial charge in [0.2, 0.25) is 0 Å². The van der Waals surface area contributed by atoms with Crippen LogP contribution in [0.1, 0.15) is 58.6 Å². The van der Waals surface area contributed by atoms with Crippen molar-refractivity contribution in [3.63, 3.8) is 0 Å². The summed E-state index contributed by atoms with van der Waals surface area (Å²) >= 11 is 6.01. The van der Waals surface area contributed by atoms with E-state index in [1.807, 2.05) is 76.4 Å².